The highest BCUT2D eigenvalue weighted by atomic mass is 16.2. The molecule has 7 rings (SSSR count). The summed E-state index contributed by atoms with van der Waals surface area (Å²) < 4.78 is -0.165. The third kappa shape index (κ3) is 3.11. The van der Waals surface area contributed by atoms with E-state index in [4.69, 9.17) is 0 Å². The molecule has 3 saturated heterocycles. The van der Waals surface area contributed by atoms with Gasteiger partial charge in [0.1, 0.15) is 6.67 Å². The van der Waals surface area contributed by atoms with Crippen LogP contribution in [0.4, 0.5) is 16.2 Å². The number of hydrogen-bond donors (Lipinski definition) is 1. The lowest BCUT2D eigenvalue weighted by Crippen LogP contribution is -2.63. The van der Waals surface area contributed by atoms with Gasteiger partial charge in [-0.2, -0.15) is 4.90 Å². The number of amides is 4. The van der Waals surface area contributed by atoms with E-state index in [-0.39, 0.29) is 22.3 Å². The number of carbonyl (C=O) groups is 3. The molecule has 3 heterocycles. The second-order valence-electron chi connectivity index (χ2n) is 9.99. The smallest absolute Gasteiger partial charge is 0.320 e. The topological polar surface area (TPSA) is 69.7 Å². The molecule has 7 heteroatoms. The van der Waals surface area contributed by atoms with E-state index in [1.54, 1.807) is 0 Å². The first-order valence-corrected chi connectivity index (χ1v) is 12.5. The van der Waals surface area contributed by atoms with Crippen LogP contribution in [-0.2, 0) is 9.59 Å². The van der Waals surface area contributed by atoms with Crippen molar-refractivity contribution in [2.75, 3.05) is 30.0 Å². The average molecular weight is 490 g/mol. The number of rotatable bonds is 4. The molecule has 3 aliphatic heterocycles. The predicted molar refractivity (Wildman–Crippen MR) is 142 cm³/mol. The van der Waals surface area contributed by atoms with Crippen LogP contribution in [0.15, 0.2) is 97.1 Å². The van der Waals surface area contributed by atoms with E-state index in [1.165, 1.54) is 4.90 Å². The Kier molecular flexibility index (Phi) is 4.79. The Morgan fingerprint density at radius 1 is 0.811 bits per heavy atom. The van der Waals surface area contributed by atoms with E-state index in [0.29, 0.717) is 31.1 Å². The molecule has 4 aromatic rings. The zero-order valence-corrected chi connectivity index (χ0v) is 20.1. The monoisotopic (exact) mass is 489 g/mol. The highest BCUT2D eigenvalue weighted by Crippen LogP contribution is 2.45. The van der Waals surface area contributed by atoms with Gasteiger partial charge in [-0.25, -0.2) is 14.2 Å². The summed E-state index contributed by atoms with van der Waals surface area (Å²) >= 11 is 0. The molecule has 4 amide bonds. The van der Waals surface area contributed by atoms with Crippen LogP contribution in [0.1, 0.15) is 0 Å². The first-order valence-electron chi connectivity index (χ1n) is 12.5. The van der Waals surface area contributed by atoms with Crippen molar-refractivity contribution in [2.45, 2.75) is 12.1 Å². The van der Waals surface area contributed by atoms with Gasteiger partial charge in [-0.3, -0.25) is 9.59 Å². The average Bonchev–Trinajstić information content (AvgIpc) is 3.57. The fourth-order valence-corrected chi connectivity index (χ4v) is 6.34. The van der Waals surface area contributed by atoms with Gasteiger partial charge in [0.2, 0.25) is 0 Å². The number of para-hydroxylation sites is 1. The number of nitrogens with one attached hydrogen (secondary N) is 1. The SMILES string of the molecule is O=C(Nc1ccccc1-c1ccccc1)C1CN2CC3C(=O)N(c4cccc5ccccc45)C(=O)[N+]13C2. The van der Waals surface area contributed by atoms with Crippen LogP contribution < -0.4 is 10.2 Å². The molecule has 1 spiro atoms. The van der Waals surface area contributed by atoms with Crippen LogP contribution in [0.25, 0.3) is 21.9 Å². The lowest BCUT2D eigenvalue weighted by molar-refractivity contribution is -0.852. The Morgan fingerprint density at radius 3 is 2.41 bits per heavy atom. The number of carbonyl (C=O) groups excluding carboxylic acids is 3. The first-order chi connectivity index (χ1) is 18.1. The molecular weight excluding hydrogens is 464 g/mol. The van der Waals surface area contributed by atoms with E-state index in [2.05, 4.69) is 10.2 Å². The number of benzene rings is 4. The van der Waals surface area contributed by atoms with Gasteiger partial charge in [0.05, 0.1) is 18.8 Å². The lowest BCUT2D eigenvalue weighted by atomic mass is 10.0. The van der Waals surface area contributed by atoms with Gasteiger partial charge >= 0.3 is 6.03 Å². The van der Waals surface area contributed by atoms with Crippen molar-refractivity contribution in [3.8, 4) is 11.1 Å². The van der Waals surface area contributed by atoms with E-state index in [0.717, 1.165) is 21.9 Å². The standard InChI is InChI=1S/C30H24N4O3/c35-28(31-24-15-7-6-13-22(24)20-9-2-1-3-10-20)26-17-32-18-27-29(36)33(30(37)34(26,27)19-32)25-16-8-12-21-11-4-5-14-23(21)25/h1-16,26-27H,17-19H2/p+1. The quantitative estimate of drug-likeness (QED) is 0.340. The number of hydrogen-bond acceptors (Lipinski definition) is 4. The minimum Gasteiger partial charge on any atom is -0.320 e. The van der Waals surface area contributed by atoms with Crippen molar-refractivity contribution in [3.05, 3.63) is 97.1 Å². The second-order valence-corrected chi connectivity index (χ2v) is 9.99. The van der Waals surface area contributed by atoms with Crippen LogP contribution in [-0.4, -0.2) is 59.1 Å². The maximum atomic E-state index is 14.1. The molecule has 4 aromatic carbocycles. The van der Waals surface area contributed by atoms with Gasteiger partial charge in [-0.15, -0.1) is 0 Å². The fourth-order valence-electron chi connectivity index (χ4n) is 6.34. The molecule has 3 fully saturated rings. The summed E-state index contributed by atoms with van der Waals surface area (Å²) in [5.74, 6) is -0.470. The summed E-state index contributed by atoms with van der Waals surface area (Å²) in [7, 11) is 0. The van der Waals surface area contributed by atoms with Crippen molar-refractivity contribution in [1.82, 2.24) is 4.90 Å². The molecular formula is C30H25N4O3+. The van der Waals surface area contributed by atoms with Crippen LogP contribution in [0.3, 0.4) is 0 Å². The van der Waals surface area contributed by atoms with Crippen LogP contribution in [0.2, 0.25) is 0 Å². The van der Waals surface area contributed by atoms with E-state index >= 15 is 0 Å². The number of anilines is 2. The Bertz CT molecular complexity index is 1580. The van der Waals surface area contributed by atoms with Crippen LogP contribution in [0.5, 0.6) is 0 Å². The number of urea groups is 1. The fraction of sp³-hybridized carbons (Fsp3) is 0.167. The van der Waals surface area contributed by atoms with Crippen molar-refractivity contribution in [2.24, 2.45) is 0 Å². The summed E-state index contributed by atoms with van der Waals surface area (Å²) in [5, 5.41) is 4.91. The lowest BCUT2D eigenvalue weighted by Gasteiger charge is -2.33. The predicted octanol–water partition coefficient (Wildman–Crippen LogP) is 4.45. The zero-order chi connectivity index (χ0) is 25.1. The van der Waals surface area contributed by atoms with Gasteiger partial charge in [0.15, 0.2) is 12.1 Å². The third-order valence-electron chi connectivity index (χ3n) is 8.04. The minimum atomic E-state index is -0.668. The molecule has 2 bridgehead atoms. The van der Waals surface area contributed by atoms with Crippen molar-refractivity contribution >= 4 is 40.0 Å². The molecule has 0 aromatic heterocycles. The molecule has 37 heavy (non-hydrogen) atoms. The molecule has 0 aliphatic carbocycles. The van der Waals surface area contributed by atoms with Crippen LogP contribution >= 0.6 is 0 Å². The zero-order valence-electron chi connectivity index (χ0n) is 20.1. The highest BCUT2D eigenvalue weighted by molar-refractivity contribution is 6.22. The Hall–Kier alpha value is -4.33. The van der Waals surface area contributed by atoms with Crippen molar-refractivity contribution < 1.29 is 18.9 Å². The van der Waals surface area contributed by atoms with E-state index < -0.39 is 12.1 Å². The molecule has 0 saturated carbocycles. The Morgan fingerprint density at radius 2 is 1.54 bits per heavy atom. The molecule has 0 radical (unpaired) electrons. The van der Waals surface area contributed by atoms with Crippen LogP contribution in [0, 0.1) is 0 Å². The summed E-state index contributed by atoms with van der Waals surface area (Å²) in [5.41, 5.74) is 3.18. The summed E-state index contributed by atoms with van der Waals surface area (Å²) in [6, 6.07) is 29.4. The van der Waals surface area contributed by atoms with Gasteiger partial charge < -0.3 is 5.32 Å². The number of fused-ring (bicyclic) bond motifs is 2. The van der Waals surface area contributed by atoms with Gasteiger partial charge in [0.25, 0.3) is 11.8 Å². The van der Waals surface area contributed by atoms with Crippen molar-refractivity contribution in [1.29, 1.82) is 0 Å². The third-order valence-corrected chi connectivity index (χ3v) is 8.04. The van der Waals surface area contributed by atoms with Crippen molar-refractivity contribution in [3.63, 3.8) is 0 Å². The Balaban J connectivity index is 1.25. The largest absolute Gasteiger partial charge is 0.433 e. The second kappa shape index (κ2) is 8.09. The molecule has 7 nitrogen and oxygen atoms in total. The maximum absolute atomic E-state index is 14.1. The van der Waals surface area contributed by atoms with E-state index in [1.807, 2.05) is 97.1 Å². The molecule has 4 atom stereocenters. The first kappa shape index (κ1) is 21.9. The number of piperazine rings is 1. The highest BCUT2D eigenvalue weighted by Gasteiger charge is 2.73. The number of imide groups is 1. The minimum absolute atomic E-state index is 0.165. The molecule has 4 unspecified atom stereocenters. The van der Waals surface area contributed by atoms with E-state index in [9.17, 15) is 14.4 Å². The maximum Gasteiger partial charge on any atom is 0.433 e. The normalized spacial score (nSPS) is 26.1. The number of quaternary nitrogens is 1. The summed E-state index contributed by atoms with van der Waals surface area (Å²) in [4.78, 5) is 45.1. The summed E-state index contributed by atoms with van der Waals surface area (Å²) in [6.07, 6.45) is 0. The summed E-state index contributed by atoms with van der Waals surface area (Å²) in [6.45, 7) is 1.30. The molecule has 182 valence electrons. The Labute approximate surface area is 214 Å². The molecule has 3 aliphatic rings. The van der Waals surface area contributed by atoms with Gasteiger partial charge in [-0.1, -0.05) is 84.9 Å². The van der Waals surface area contributed by atoms with Gasteiger partial charge in [-0.05, 0) is 23.1 Å². The van der Waals surface area contributed by atoms with Gasteiger partial charge in [0, 0.05) is 16.6 Å². The molecule has 1 N–H and O–H groups in total. The number of nitrogens with zero attached hydrogens (tertiary/aromatic N) is 3.